The molecule has 0 amide bonds. The van der Waals surface area contributed by atoms with Gasteiger partial charge in [-0.2, -0.15) is 0 Å². The molecule has 2 N–H and O–H groups in total. The molecule has 0 atom stereocenters. The van der Waals surface area contributed by atoms with Crippen LogP contribution in [0.5, 0.6) is 0 Å². The second-order valence-electron chi connectivity index (χ2n) is 4.82. The van der Waals surface area contributed by atoms with Gasteiger partial charge in [0.05, 0.1) is 13.1 Å². The van der Waals surface area contributed by atoms with E-state index in [1.165, 1.54) is 13.0 Å². The van der Waals surface area contributed by atoms with E-state index in [0.29, 0.717) is 6.54 Å². The van der Waals surface area contributed by atoms with Gasteiger partial charge >= 0.3 is 0 Å². The van der Waals surface area contributed by atoms with Crippen LogP contribution in [0.15, 0.2) is 16.5 Å². The van der Waals surface area contributed by atoms with Gasteiger partial charge in [-0.3, -0.25) is 4.90 Å². The zero-order valence-corrected chi connectivity index (χ0v) is 12.7. The maximum absolute atomic E-state index is 5.66. The molecular formula is C15H29N3O. The van der Waals surface area contributed by atoms with E-state index in [-0.39, 0.29) is 0 Å². The summed E-state index contributed by atoms with van der Waals surface area (Å²) < 4.78 is 5.66. The fourth-order valence-corrected chi connectivity index (χ4v) is 2.24. The van der Waals surface area contributed by atoms with Gasteiger partial charge in [0, 0.05) is 0 Å². The lowest BCUT2D eigenvalue weighted by molar-refractivity contribution is 0.224. The molecule has 4 heteroatoms. The summed E-state index contributed by atoms with van der Waals surface area (Å²) in [4.78, 5) is 4.88. The van der Waals surface area contributed by atoms with Crippen molar-refractivity contribution in [3.05, 3.63) is 23.7 Å². The average molecular weight is 267 g/mol. The van der Waals surface area contributed by atoms with Crippen LogP contribution in [-0.2, 0) is 13.1 Å². The van der Waals surface area contributed by atoms with Crippen molar-refractivity contribution < 1.29 is 4.42 Å². The summed E-state index contributed by atoms with van der Waals surface area (Å²) >= 11 is 0. The molecule has 110 valence electrons. The third kappa shape index (κ3) is 5.76. The second kappa shape index (κ2) is 9.13. The summed E-state index contributed by atoms with van der Waals surface area (Å²) in [5, 5.41) is 0. The highest BCUT2D eigenvalue weighted by Gasteiger charge is 2.08. The van der Waals surface area contributed by atoms with Gasteiger partial charge in [0.2, 0.25) is 0 Å². The first-order valence-corrected chi connectivity index (χ1v) is 7.45. The molecule has 19 heavy (non-hydrogen) atoms. The van der Waals surface area contributed by atoms with Crippen LogP contribution in [0.25, 0.3) is 0 Å². The van der Waals surface area contributed by atoms with E-state index in [2.05, 4.69) is 30.6 Å². The van der Waals surface area contributed by atoms with Crippen LogP contribution in [0.4, 0.5) is 0 Å². The Morgan fingerprint density at radius 1 is 0.947 bits per heavy atom. The minimum absolute atomic E-state index is 0.480. The first-order valence-electron chi connectivity index (χ1n) is 7.45. The number of hydrogen-bond donors (Lipinski definition) is 1. The Bertz CT molecular complexity index is 334. The Morgan fingerprint density at radius 3 is 2.05 bits per heavy atom. The zero-order valence-electron chi connectivity index (χ0n) is 12.7. The summed E-state index contributed by atoms with van der Waals surface area (Å²) in [6.07, 6.45) is 1.21. The van der Waals surface area contributed by atoms with Crippen molar-refractivity contribution in [1.82, 2.24) is 9.80 Å². The largest absolute Gasteiger partial charge is 0.463 e. The van der Waals surface area contributed by atoms with E-state index in [4.69, 9.17) is 10.2 Å². The Labute approximate surface area is 117 Å². The fourth-order valence-electron chi connectivity index (χ4n) is 2.24. The maximum Gasteiger partial charge on any atom is 0.118 e. The van der Waals surface area contributed by atoms with Crippen molar-refractivity contribution >= 4 is 0 Å². The van der Waals surface area contributed by atoms with Crippen molar-refractivity contribution in [1.29, 1.82) is 0 Å². The van der Waals surface area contributed by atoms with E-state index in [9.17, 15) is 0 Å². The van der Waals surface area contributed by atoms with Crippen molar-refractivity contribution in [3.63, 3.8) is 0 Å². The summed E-state index contributed by atoms with van der Waals surface area (Å²) in [5.41, 5.74) is 5.56. The van der Waals surface area contributed by atoms with Crippen LogP contribution < -0.4 is 5.73 Å². The molecule has 0 unspecified atom stereocenters. The molecule has 0 aliphatic rings. The van der Waals surface area contributed by atoms with Crippen LogP contribution in [-0.4, -0.2) is 42.5 Å². The van der Waals surface area contributed by atoms with Crippen LogP contribution in [0.3, 0.4) is 0 Å². The minimum Gasteiger partial charge on any atom is -0.463 e. The molecule has 1 heterocycles. The highest BCUT2D eigenvalue weighted by molar-refractivity contribution is 5.06. The SMILES string of the molecule is CCN(CC)CCCN(CC)Cc1ccc(CN)o1. The van der Waals surface area contributed by atoms with Gasteiger partial charge in [-0.25, -0.2) is 0 Å². The predicted octanol–water partition coefficient (Wildman–Crippen LogP) is 2.29. The molecular weight excluding hydrogens is 238 g/mol. The summed E-state index contributed by atoms with van der Waals surface area (Å²) in [6.45, 7) is 13.6. The van der Waals surface area contributed by atoms with Gasteiger partial charge in [-0.1, -0.05) is 20.8 Å². The Morgan fingerprint density at radius 2 is 1.53 bits per heavy atom. The lowest BCUT2D eigenvalue weighted by atomic mass is 10.3. The molecule has 0 fully saturated rings. The van der Waals surface area contributed by atoms with E-state index >= 15 is 0 Å². The number of nitrogens with zero attached hydrogens (tertiary/aromatic N) is 2. The van der Waals surface area contributed by atoms with Gasteiger partial charge in [-0.05, 0) is 51.3 Å². The normalized spacial score (nSPS) is 11.7. The standard InChI is InChI=1S/C15H29N3O/c1-4-17(5-2)10-7-11-18(6-3)13-15-9-8-14(12-16)19-15/h8-9H,4-7,10-13,16H2,1-3H3. The van der Waals surface area contributed by atoms with Crippen LogP contribution in [0, 0.1) is 0 Å². The van der Waals surface area contributed by atoms with Gasteiger partial charge in [0.1, 0.15) is 11.5 Å². The minimum atomic E-state index is 0.480. The Kier molecular flexibility index (Phi) is 7.79. The Balaban J connectivity index is 2.33. The molecule has 0 radical (unpaired) electrons. The fraction of sp³-hybridized carbons (Fsp3) is 0.733. The Hall–Kier alpha value is -0.840. The van der Waals surface area contributed by atoms with Crippen LogP contribution >= 0.6 is 0 Å². The predicted molar refractivity (Wildman–Crippen MR) is 80.0 cm³/mol. The molecule has 0 saturated heterocycles. The quantitative estimate of drug-likeness (QED) is 0.706. The van der Waals surface area contributed by atoms with E-state index < -0.39 is 0 Å². The maximum atomic E-state index is 5.66. The molecule has 0 spiro atoms. The highest BCUT2D eigenvalue weighted by Crippen LogP contribution is 2.10. The van der Waals surface area contributed by atoms with Crippen molar-refractivity contribution in [2.24, 2.45) is 5.73 Å². The van der Waals surface area contributed by atoms with E-state index in [1.54, 1.807) is 0 Å². The number of rotatable bonds is 10. The lowest BCUT2D eigenvalue weighted by Gasteiger charge is -2.22. The molecule has 1 rings (SSSR count). The number of hydrogen-bond acceptors (Lipinski definition) is 4. The molecule has 0 aliphatic carbocycles. The molecule has 0 bridgehead atoms. The molecule has 0 aliphatic heterocycles. The molecule has 4 nitrogen and oxygen atoms in total. The van der Waals surface area contributed by atoms with Crippen molar-refractivity contribution in [3.8, 4) is 0 Å². The van der Waals surface area contributed by atoms with Gasteiger partial charge in [0.15, 0.2) is 0 Å². The number of furan rings is 1. The van der Waals surface area contributed by atoms with E-state index in [0.717, 1.165) is 44.2 Å². The molecule has 0 aromatic carbocycles. The lowest BCUT2D eigenvalue weighted by Crippen LogP contribution is -2.29. The summed E-state index contributed by atoms with van der Waals surface area (Å²) in [7, 11) is 0. The van der Waals surface area contributed by atoms with E-state index in [1.807, 2.05) is 12.1 Å². The first kappa shape index (κ1) is 16.2. The first-order chi connectivity index (χ1) is 9.23. The van der Waals surface area contributed by atoms with Gasteiger partial charge in [-0.15, -0.1) is 0 Å². The van der Waals surface area contributed by atoms with Crippen LogP contribution in [0.1, 0.15) is 38.7 Å². The van der Waals surface area contributed by atoms with Crippen LogP contribution in [0.2, 0.25) is 0 Å². The zero-order chi connectivity index (χ0) is 14.1. The van der Waals surface area contributed by atoms with Gasteiger partial charge in [0.25, 0.3) is 0 Å². The summed E-state index contributed by atoms with van der Waals surface area (Å²) in [6, 6.07) is 4.01. The third-order valence-corrected chi connectivity index (χ3v) is 3.59. The molecule has 1 aromatic heterocycles. The highest BCUT2D eigenvalue weighted by atomic mass is 16.3. The smallest absolute Gasteiger partial charge is 0.118 e. The second-order valence-corrected chi connectivity index (χ2v) is 4.82. The topological polar surface area (TPSA) is 45.6 Å². The number of nitrogens with two attached hydrogens (primary N) is 1. The van der Waals surface area contributed by atoms with Gasteiger partial charge < -0.3 is 15.1 Å². The summed E-state index contributed by atoms with van der Waals surface area (Å²) in [5.74, 6) is 1.89. The van der Waals surface area contributed by atoms with Crippen molar-refractivity contribution in [2.45, 2.75) is 40.3 Å². The van der Waals surface area contributed by atoms with Crippen molar-refractivity contribution in [2.75, 3.05) is 32.7 Å². The molecule has 0 saturated carbocycles. The molecule has 1 aromatic rings. The third-order valence-electron chi connectivity index (χ3n) is 3.59. The monoisotopic (exact) mass is 267 g/mol. The average Bonchev–Trinajstić information content (AvgIpc) is 2.90.